The minimum absolute atomic E-state index is 0.0248. The summed E-state index contributed by atoms with van der Waals surface area (Å²) in [6.07, 6.45) is 6.32. The molecule has 0 aliphatic rings. The maximum atomic E-state index is 9.85. The van der Waals surface area contributed by atoms with E-state index in [1.165, 1.54) is 18.4 Å². The number of methoxy groups -OCH3 is 1. The summed E-state index contributed by atoms with van der Waals surface area (Å²) in [6.45, 7) is 3.42. The molecule has 0 aliphatic heterocycles. The lowest BCUT2D eigenvalue weighted by Gasteiger charge is -2.18. The third kappa shape index (κ3) is 7.87. The molecule has 5 nitrogen and oxygen atoms in total. The average molecular weight is 489 g/mol. The number of phenols is 1. The Morgan fingerprint density at radius 3 is 1.92 bits per heavy atom. The highest BCUT2D eigenvalue weighted by atomic mass is 16.5. The summed E-state index contributed by atoms with van der Waals surface area (Å²) in [7, 11) is 1.67. The van der Waals surface area contributed by atoms with Crippen molar-refractivity contribution < 1.29 is 14.6 Å². The molecule has 0 bridgehead atoms. The fourth-order valence-electron chi connectivity index (χ4n) is 4.37. The third-order valence-corrected chi connectivity index (χ3v) is 6.39. The molecule has 0 saturated heterocycles. The van der Waals surface area contributed by atoms with Gasteiger partial charge in [-0.1, -0.05) is 62.6 Å². The van der Waals surface area contributed by atoms with E-state index >= 15 is 0 Å². The average Bonchev–Trinajstić information content (AvgIpc) is 2.91. The van der Waals surface area contributed by atoms with Gasteiger partial charge in [0.1, 0.15) is 23.9 Å². The van der Waals surface area contributed by atoms with Crippen molar-refractivity contribution in [3.05, 3.63) is 89.5 Å². The zero-order valence-electron chi connectivity index (χ0n) is 21.6. The molecule has 1 atom stereocenters. The largest absolute Gasteiger partial charge is 0.508 e. The summed E-state index contributed by atoms with van der Waals surface area (Å²) >= 11 is 0. The Morgan fingerprint density at radius 1 is 0.778 bits per heavy atom. The Balaban J connectivity index is 1.80. The van der Waals surface area contributed by atoms with Gasteiger partial charge in [-0.25, -0.2) is 0 Å². The molecule has 0 saturated carbocycles. The van der Waals surface area contributed by atoms with Crippen LogP contribution >= 0.6 is 0 Å². The van der Waals surface area contributed by atoms with Crippen molar-refractivity contribution >= 4 is 11.1 Å². The number of phenolic OH excluding ortho intramolecular Hbond substituents is 1. The van der Waals surface area contributed by atoms with E-state index in [1.807, 2.05) is 36.4 Å². The first-order valence-electron chi connectivity index (χ1n) is 12.9. The molecule has 0 aromatic heterocycles. The maximum absolute atomic E-state index is 9.85. The number of allylic oxidation sites excluding steroid dienone is 1. The second-order valence-electron chi connectivity index (χ2n) is 9.07. The normalized spacial score (nSPS) is 12.7. The Morgan fingerprint density at radius 2 is 1.33 bits per heavy atom. The van der Waals surface area contributed by atoms with E-state index in [4.69, 9.17) is 20.9 Å². The molecule has 3 aromatic carbocycles. The first-order chi connectivity index (χ1) is 17.5. The van der Waals surface area contributed by atoms with Gasteiger partial charge in [0.2, 0.25) is 0 Å². The van der Waals surface area contributed by atoms with Crippen LogP contribution in [0.25, 0.3) is 11.1 Å². The monoisotopic (exact) mass is 488 g/mol. The van der Waals surface area contributed by atoms with Crippen molar-refractivity contribution in [2.45, 2.75) is 51.5 Å². The van der Waals surface area contributed by atoms with Gasteiger partial charge in [-0.3, -0.25) is 0 Å². The SMILES string of the molecule is CCC(=C(c1ccc(O)cc1)c1ccc(OCC(N)CCCCCCN)cc1)c1ccc(OC)cc1. The molecule has 0 spiro atoms. The summed E-state index contributed by atoms with van der Waals surface area (Å²) in [5.74, 6) is 1.89. The number of hydrogen-bond acceptors (Lipinski definition) is 5. The van der Waals surface area contributed by atoms with Crippen LogP contribution in [0.5, 0.6) is 17.2 Å². The number of rotatable bonds is 14. The minimum atomic E-state index is 0.0248. The lowest BCUT2D eigenvalue weighted by atomic mass is 9.88. The van der Waals surface area contributed by atoms with Crippen LogP contribution in [0.15, 0.2) is 72.8 Å². The van der Waals surface area contributed by atoms with E-state index in [0.29, 0.717) is 6.61 Å². The van der Waals surface area contributed by atoms with Crippen molar-refractivity contribution in [1.29, 1.82) is 0 Å². The Hall–Kier alpha value is -3.28. The van der Waals surface area contributed by atoms with E-state index < -0.39 is 0 Å². The van der Waals surface area contributed by atoms with Crippen molar-refractivity contribution in [3.8, 4) is 17.2 Å². The van der Waals surface area contributed by atoms with Crippen molar-refractivity contribution in [1.82, 2.24) is 0 Å². The molecule has 1 unspecified atom stereocenters. The highest BCUT2D eigenvalue weighted by molar-refractivity contribution is 5.98. The second-order valence-corrected chi connectivity index (χ2v) is 9.07. The number of nitrogens with two attached hydrogens (primary N) is 2. The predicted octanol–water partition coefficient (Wildman–Crippen LogP) is 6.39. The minimum Gasteiger partial charge on any atom is -0.508 e. The molecule has 5 N–H and O–H groups in total. The molecule has 5 heteroatoms. The summed E-state index contributed by atoms with van der Waals surface area (Å²) in [6, 6.07) is 23.7. The molecule has 3 rings (SSSR count). The quantitative estimate of drug-likeness (QED) is 0.181. The van der Waals surface area contributed by atoms with Gasteiger partial charge in [0.05, 0.1) is 7.11 Å². The van der Waals surface area contributed by atoms with E-state index in [0.717, 1.165) is 66.0 Å². The van der Waals surface area contributed by atoms with Crippen LogP contribution in [0.2, 0.25) is 0 Å². The number of benzene rings is 3. The molecule has 36 heavy (non-hydrogen) atoms. The molecule has 0 radical (unpaired) electrons. The lowest BCUT2D eigenvalue weighted by Crippen LogP contribution is -2.27. The van der Waals surface area contributed by atoms with Crippen LogP contribution in [-0.2, 0) is 0 Å². The van der Waals surface area contributed by atoms with E-state index in [1.54, 1.807) is 19.2 Å². The van der Waals surface area contributed by atoms with E-state index in [-0.39, 0.29) is 11.8 Å². The number of aromatic hydroxyl groups is 1. The van der Waals surface area contributed by atoms with Crippen LogP contribution in [0.4, 0.5) is 0 Å². The first kappa shape index (κ1) is 27.3. The zero-order valence-corrected chi connectivity index (χ0v) is 21.6. The van der Waals surface area contributed by atoms with Gasteiger partial charge in [0.25, 0.3) is 0 Å². The Kier molecular flexibility index (Phi) is 10.9. The molecule has 0 fully saturated rings. The Bertz CT molecular complexity index is 1070. The summed E-state index contributed by atoms with van der Waals surface area (Å²) < 4.78 is 11.3. The molecular weight excluding hydrogens is 448 g/mol. The molecule has 0 aliphatic carbocycles. The number of unbranched alkanes of at least 4 members (excludes halogenated alkanes) is 3. The van der Waals surface area contributed by atoms with Gasteiger partial charge in [-0.15, -0.1) is 0 Å². The first-order valence-corrected chi connectivity index (χ1v) is 12.9. The van der Waals surface area contributed by atoms with Crippen LogP contribution in [0.3, 0.4) is 0 Å². The van der Waals surface area contributed by atoms with Crippen LogP contribution in [0.1, 0.15) is 62.1 Å². The highest BCUT2D eigenvalue weighted by Gasteiger charge is 2.14. The molecule has 0 amide bonds. The van der Waals surface area contributed by atoms with Gasteiger partial charge in [0.15, 0.2) is 0 Å². The zero-order chi connectivity index (χ0) is 25.8. The standard InChI is InChI=1S/C31H40N2O3/c1-3-30(23-11-17-28(35-2)18-12-23)31(24-9-15-27(34)16-10-24)25-13-19-29(20-14-25)36-22-26(33)8-6-4-5-7-21-32/h9-20,26,34H,3-8,21-22,32-33H2,1-2H3. The summed E-state index contributed by atoms with van der Waals surface area (Å²) in [5.41, 5.74) is 17.4. The number of ether oxygens (including phenoxy) is 2. The van der Waals surface area contributed by atoms with Crippen molar-refractivity contribution in [3.63, 3.8) is 0 Å². The fourth-order valence-corrected chi connectivity index (χ4v) is 4.37. The van der Waals surface area contributed by atoms with E-state index in [9.17, 15) is 5.11 Å². The number of hydrogen-bond donors (Lipinski definition) is 3. The third-order valence-electron chi connectivity index (χ3n) is 6.39. The predicted molar refractivity (Wildman–Crippen MR) is 149 cm³/mol. The van der Waals surface area contributed by atoms with E-state index in [2.05, 4.69) is 31.2 Å². The van der Waals surface area contributed by atoms with Gasteiger partial charge in [0, 0.05) is 6.04 Å². The van der Waals surface area contributed by atoms with Crippen LogP contribution in [-0.4, -0.2) is 31.4 Å². The van der Waals surface area contributed by atoms with Gasteiger partial charge in [-0.05, 0) is 90.0 Å². The summed E-state index contributed by atoms with van der Waals surface area (Å²) in [5, 5.41) is 9.85. The lowest BCUT2D eigenvalue weighted by molar-refractivity contribution is 0.279. The molecular formula is C31H40N2O3. The van der Waals surface area contributed by atoms with Crippen LogP contribution < -0.4 is 20.9 Å². The van der Waals surface area contributed by atoms with Crippen LogP contribution in [0, 0.1) is 0 Å². The van der Waals surface area contributed by atoms with Gasteiger partial charge < -0.3 is 26.0 Å². The fraction of sp³-hybridized carbons (Fsp3) is 0.355. The summed E-state index contributed by atoms with van der Waals surface area (Å²) in [4.78, 5) is 0. The Labute approximate surface area is 215 Å². The smallest absolute Gasteiger partial charge is 0.119 e. The topological polar surface area (TPSA) is 90.7 Å². The van der Waals surface area contributed by atoms with Gasteiger partial charge >= 0.3 is 0 Å². The molecule has 0 heterocycles. The molecule has 192 valence electrons. The van der Waals surface area contributed by atoms with Crippen molar-refractivity contribution in [2.24, 2.45) is 11.5 Å². The van der Waals surface area contributed by atoms with Gasteiger partial charge in [-0.2, -0.15) is 0 Å². The van der Waals surface area contributed by atoms with Crippen molar-refractivity contribution in [2.75, 3.05) is 20.3 Å². The maximum Gasteiger partial charge on any atom is 0.119 e. The second kappa shape index (κ2) is 14.3. The highest BCUT2D eigenvalue weighted by Crippen LogP contribution is 2.36. The molecule has 3 aromatic rings.